The summed E-state index contributed by atoms with van der Waals surface area (Å²) in [6.45, 7) is 18.5. The van der Waals surface area contributed by atoms with E-state index in [0.29, 0.717) is 0 Å². The van der Waals surface area contributed by atoms with E-state index in [1.165, 1.54) is 121 Å². The number of rotatable bonds is 7. The van der Waals surface area contributed by atoms with Crippen LogP contribution in [0.25, 0.3) is 44.6 Å². The Kier molecular flexibility index (Phi) is 9.80. The van der Waals surface area contributed by atoms with E-state index in [1.807, 2.05) is 0 Å². The normalized spacial score (nSPS) is 21.9. The van der Waals surface area contributed by atoms with E-state index in [2.05, 4.69) is 235 Å². The van der Waals surface area contributed by atoms with Gasteiger partial charge in [0.2, 0.25) is 0 Å². The van der Waals surface area contributed by atoms with Crippen molar-refractivity contribution in [3.05, 3.63) is 290 Å². The number of hydrogen-bond acceptors (Lipinski definition) is 0. The van der Waals surface area contributed by atoms with Gasteiger partial charge in [0.05, 0.1) is 0 Å². The minimum absolute atomic E-state index is 0.0121. The molecule has 0 N–H and O–H groups in total. The summed E-state index contributed by atoms with van der Waals surface area (Å²) in [5.74, 6) is 1.88. The molecule has 0 nitrogen and oxygen atoms in total. The zero-order valence-corrected chi connectivity index (χ0v) is 40.9. The molecule has 0 amide bonds. The fraction of sp³-hybridized carbons (Fsp3) is 0.186. The molecule has 70 heavy (non-hydrogen) atoms. The fourth-order valence-corrected chi connectivity index (χ4v) is 13.9. The van der Waals surface area contributed by atoms with E-state index < -0.39 is 0 Å². The Morgan fingerprint density at radius 2 is 1.07 bits per heavy atom. The number of hydrogen-bond donors (Lipinski definition) is 0. The van der Waals surface area contributed by atoms with Gasteiger partial charge in [-0.2, -0.15) is 0 Å². The molecule has 0 radical (unpaired) electrons. The summed E-state index contributed by atoms with van der Waals surface area (Å²) in [5.41, 5.74) is 25.1. The lowest BCUT2D eigenvalue weighted by Gasteiger charge is -2.41. The smallest absolute Gasteiger partial charge is 0.0155 e. The lowest BCUT2D eigenvalue weighted by Crippen LogP contribution is -2.40. The third-order valence-corrected chi connectivity index (χ3v) is 17.3. The van der Waals surface area contributed by atoms with E-state index in [9.17, 15) is 0 Å². The predicted molar refractivity (Wildman–Crippen MR) is 295 cm³/mol. The van der Waals surface area contributed by atoms with Crippen molar-refractivity contribution in [2.45, 2.75) is 64.2 Å². The van der Waals surface area contributed by atoms with Crippen molar-refractivity contribution in [2.75, 3.05) is 0 Å². The van der Waals surface area contributed by atoms with Gasteiger partial charge < -0.3 is 0 Å². The second kappa shape index (κ2) is 16.1. The SMILES string of the molecule is C=CC1C(C2=CC=C(c3ccc4c(c3)C(C)(C)c3cc(C5=c6ccccc6=C(C6=CC7=C(CC6)c6ccccc6C7(C)C)C6C=CC=C[C-]56)ccc3-4)CC2)=c2ccccc2=C(c2ccccc2)C1C=C. The maximum absolute atomic E-state index is 4.42. The number of fused-ring (bicyclic) bond motifs is 8. The van der Waals surface area contributed by atoms with Crippen LogP contribution in [0.2, 0.25) is 0 Å². The first-order valence-corrected chi connectivity index (χ1v) is 25.6. The molecule has 0 aliphatic heterocycles. The highest BCUT2D eigenvalue weighted by Gasteiger charge is 2.40. The Morgan fingerprint density at radius 1 is 0.486 bits per heavy atom. The Hall–Kier alpha value is -7.41. The van der Waals surface area contributed by atoms with Gasteiger partial charge in [0.1, 0.15) is 0 Å². The summed E-state index contributed by atoms with van der Waals surface area (Å²) in [5, 5.41) is 5.34. The Morgan fingerprint density at radius 3 is 1.79 bits per heavy atom. The first kappa shape index (κ1) is 42.7. The summed E-state index contributed by atoms with van der Waals surface area (Å²) in [6.07, 6.45) is 25.2. The second-order valence-electron chi connectivity index (χ2n) is 21.5. The van der Waals surface area contributed by atoms with Gasteiger partial charge in [-0.05, 0) is 137 Å². The Balaban J connectivity index is 0.878. The van der Waals surface area contributed by atoms with Crippen LogP contribution in [0.1, 0.15) is 92.3 Å². The third kappa shape index (κ3) is 6.25. The van der Waals surface area contributed by atoms with Crippen LogP contribution in [0.15, 0.2) is 224 Å². The molecule has 340 valence electrons. The van der Waals surface area contributed by atoms with Gasteiger partial charge in [0.25, 0.3) is 0 Å². The van der Waals surface area contributed by atoms with Crippen LogP contribution in [-0.2, 0) is 10.8 Å². The van der Waals surface area contributed by atoms with Crippen molar-refractivity contribution >= 4 is 33.4 Å². The van der Waals surface area contributed by atoms with Crippen LogP contribution < -0.4 is 20.9 Å². The van der Waals surface area contributed by atoms with Crippen molar-refractivity contribution in [1.29, 1.82) is 0 Å². The third-order valence-electron chi connectivity index (χ3n) is 17.3. The van der Waals surface area contributed by atoms with Gasteiger partial charge in [-0.1, -0.05) is 214 Å². The van der Waals surface area contributed by atoms with Crippen molar-refractivity contribution in [1.82, 2.24) is 0 Å². The lowest BCUT2D eigenvalue weighted by atomic mass is 9.67. The molecule has 0 bridgehead atoms. The minimum atomic E-state index is -0.166. The van der Waals surface area contributed by atoms with Crippen LogP contribution in [-0.4, -0.2) is 0 Å². The molecule has 13 rings (SSSR count). The Bertz CT molecular complexity index is 3750. The summed E-state index contributed by atoms with van der Waals surface area (Å²) in [6, 6.07) is 52.8. The molecule has 3 unspecified atom stereocenters. The fourth-order valence-electron chi connectivity index (χ4n) is 13.9. The average Bonchev–Trinajstić information content (AvgIpc) is 3.77. The predicted octanol–water partition coefficient (Wildman–Crippen LogP) is 13.9. The number of benzene rings is 6. The summed E-state index contributed by atoms with van der Waals surface area (Å²) in [7, 11) is 0. The highest BCUT2D eigenvalue weighted by Crippen LogP contribution is 2.55. The first-order valence-electron chi connectivity index (χ1n) is 25.6. The molecule has 0 fully saturated rings. The highest BCUT2D eigenvalue weighted by atomic mass is 14.4. The van der Waals surface area contributed by atoms with Crippen LogP contribution in [0.5, 0.6) is 0 Å². The summed E-state index contributed by atoms with van der Waals surface area (Å²) < 4.78 is 0. The van der Waals surface area contributed by atoms with Crippen LogP contribution in [0.4, 0.5) is 0 Å². The lowest BCUT2D eigenvalue weighted by molar-refractivity contribution is 0.650. The summed E-state index contributed by atoms with van der Waals surface area (Å²) >= 11 is 0. The standard InChI is InChI=1S/C70H59/c1-7-49-50(8-2)66(56-24-13-12-23-55(56)65(49)44-20-10-9-11-21-44)45-32-30-43(31-33-45)46-34-37-53-54-39-36-48(42-64(54)70(5,6)62(53)40-46)68-59-27-16-14-25-57(59)67(58-26-15-17-28-60(58)68)47-35-38-52-51-22-18-19-29-61(51)69(3,4)63(52)41-47/h7-30,32,34,36-37,39-42,49-50,57H,1-2,31,33,35,38H2,3-6H3/q-1. The van der Waals surface area contributed by atoms with Crippen molar-refractivity contribution < 1.29 is 0 Å². The Labute approximate surface area is 414 Å². The largest absolute Gasteiger partial charge is 0.140 e. The quantitative estimate of drug-likeness (QED) is 0.111. The molecular weight excluding hydrogens is 841 g/mol. The maximum Gasteiger partial charge on any atom is 0.0155 e. The van der Waals surface area contributed by atoms with Crippen molar-refractivity contribution in [2.24, 2.45) is 17.8 Å². The molecule has 0 spiro atoms. The van der Waals surface area contributed by atoms with Crippen LogP contribution in [0.3, 0.4) is 0 Å². The van der Waals surface area contributed by atoms with Crippen molar-refractivity contribution in [3.63, 3.8) is 0 Å². The minimum Gasteiger partial charge on any atom is -0.140 e. The molecule has 0 aromatic heterocycles. The van der Waals surface area contributed by atoms with Crippen LogP contribution in [0, 0.1) is 23.7 Å². The van der Waals surface area contributed by atoms with Gasteiger partial charge in [0.15, 0.2) is 0 Å². The average molecular weight is 900 g/mol. The molecule has 3 atom stereocenters. The van der Waals surface area contributed by atoms with Gasteiger partial charge >= 0.3 is 0 Å². The first-order chi connectivity index (χ1) is 34.2. The molecule has 0 heterocycles. The molecule has 6 aromatic rings. The zero-order chi connectivity index (χ0) is 47.5. The monoisotopic (exact) mass is 899 g/mol. The topological polar surface area (TPSA) is 0 Å². The second-order valence-corrected chi connectivity index (χ2v) is 21.5. The van der Waals surface area contributed by atoms with E-state index in [-0.39, 0.29) is 28.6 Å². The highest BCUT2D eigenvalue weighted by molar-refractivity contribution is 5.93. The van der Waals surface area contributed by atoms with E-state index in [1.54, 1.807) is 5.57 Å². The van der Waals surface area contributed by atoms with Gasteiger partial charge in [0, 0.05) is 22.7 Å². The van der Waals surface area contributed by atoms with E-state index >= 15 is 0 Å². The van der Waals surface area contributed by atoms with E-state index in [4.69, 9.17) is 0 Å². The zero-order valence-electron chi connectivity index (χ0n) is 40.9. The molecule has 0 saturated carbocycles. The number of allylic oxidation sites excluding steroid dienone is 14. The molecule has 0 saturated heterocycles. The molecule has 6 aromatic carbocycles. The maximum atomic E-state index is 4.42. The molecule has 7 aliphatic rings. The van der Waals surface area contributed by atoms with E-state index in [0.717, 1.165) is 25.7 Å². The van der Waals surface area contributed by atoms with Gasteiger partial charge in [-0.15, -0.1) is 42.9 Å². The summed E-state index contributed by atoms with van der Waals surface area (Å²) in [4.78, 5) is 0. The molecular formula is C70H59-. The van der Waals surface area contributed by atoms with Crippen molar-refractivity contribution in [3.8, 4) is 11.1 Å². The molecule has 0 heteroatoms. The molecule has 7 aliphatic carbocycles. The van der Waals surface area contributed by atoms with Gasteiger partial charge in [-0.25, -0.2) is 0 Å². The van der Waals surface area contributed by atoms with Gasteiger partial charge in [-0.3, -0.25) is 0 Å². The van der Waals surface area contributed by atoms with Crippen LogP contribution >= 0.6 is 0 Å².